The predicted octanol–water partition coefficient (Wildman–Crippen LogP) is 2.57. The lowest BCUT2D eigenvalue weighted by Crippen LogP contribution is -2.37. The van der Waals surface area contributed by atoms with Crippen LogP contribution in [0.25, 0.3) is 0 Å². The van der Waals surface area contributed by atoms with E-state index in [9.17, 15) is 13.2 Å². The fourth-order valence-electron chi connectivity index (χ4n) is 3.16. The first-order valence-corrected chi connectivity index (χ1v) is 11.1. The average molecular weight is 397 g/mol. The quantitative estimate of drug-likeness (QED) is 0.740. The van der Waals surface area contributed by atoms with Gasteiger partial charge in [0.1, 0.15) is 0 Å². The lowest BCUT2D eigenvalue weighted by Gasteiger charge is -2.25. The maximum Gasteiger partial charge on any atom is 0.242 e. The zero-order chi connectivity index (χ0) is 19.9. The van der Waals surface area contributed by atoms with Crippen LogP contribution in [-0.4, -0.2) is 63.8 Å². The zero-order valence-electron chi connectivity index (χ0n) is 16.6. The van der Waals surface area contributed by atoms with E-state index >= 15 is 0 Å². The molecule has 0 bridgehead atoms. The minimum absolute atomic E-state index is 0.0558. The van der Waals surface area contributed by atoms with Crippen LogP contribution in [0.4, 0.5) is 11.4 Å². The second kappa shape index (κ2) is 9.94. The van der Waals surface area contributed by atoms with Gasteiger partial charge in [-0.2, -0.15) is 0 Å². The van der Waals surface area contributed by atoms with Crippen LogP contribution >= 0.6 is 0 Å². The van der Waals surface area contributed by atoms with Crippen molar-refractivity contribution < 1.29 is 13.2 Å². The van der Waals surface area contributed by atoms with Gasteiger partial charge in [0.05, 0.1) is 22.8 Å². The van der Waals surface area contributed by atoms with Gasteiger partial charge in [0, 0.05) is 33.7 Å². The Kier molecular flexibility index (Phi) is 7.91. The highest BCUT2D eigenvalue weighted by atomic mass is 32.2. The maximum atomic E-state index is 12.6. The molecule has 0 spiro atoms. The molecular weight excluding hydrogens is 364 g/mol. The van der Waals surface area contributed by atoms with E-state index in [1.165, 1.54) is 37.7 Å². The van der Waals surface area contributed by atoms with E-state index in [0.717, 1.165) is 31.6 Å². The molecule has 8 heteroatoms. The first-order chi connectivity index (χ1) is 12.9. The molecule has 1 aliphatic heterocycles. The molecule has 1 fully saturated rings. The monoisotopic (exact) mass is 396 g/mol. The van der Waals surface area contributed by atoms with Crippen molar-refractivity contribution in [2.24, 2.45) is 0 Å². The standard InChI is InChI=1S/C19H32N4O3S/c1-4-20-17-11-10-16(27(25,26)22(2)3)14-18(17)21-15-19(24)23-12-8-6-5-7-9-13-23/h10-11,14,20-21H,4-9,12-13,15H2,1-3H3. The van der Waals surface area contributed by atoms with Gasteiger partial charge in [-0.25, -0.2) is 12.7 Å². The fraction of sp³-hybridized carbons (Fsp3) is 0.632. The smallest absolute Gasteiger partial charge is 0.242 e. The Hall–Kier alpha value is -1.80. The Balaban J connectivity index is 2.14. The van der Waals surface area contributed by atoms with E-state index < -0.39 is 10.0 Å². The van der Waals surface area contributed by atoms with Gasteiger partial charge in [0.25, 0.3) is 0 Å². The van der Waals surface area contributed by atoms with E-state index in [1.807, 2.05) is 11.8 Å². The summed E-state index contributed by atoms with van der Waals surface area (Å²) in [7, 11) is -0.517. The Morgan fingerprint density at radius 2 is 1.67 bits per heavy atom. The van der Waals surface area contributed by atoms with Gasteiger partial charge in [0.15, 0.2) is 0 Å². The van der Waals surface area contributed by atoms with E-state index in [0.29, 0.717) is 12.2 Å². The Morgan fingerprint density at radius 1 is 1.04 bits per heavy atom. The maximum absolute atomic E-state index is 12.6. The molecule has 0 aliphatic carbocycles. The summed E-state index contributed by atoms with van der Waals surface area (Å²) in [5, 5.41) is 6.36. The van der Waals surface area contributed by atoms with E-state index in [1.54, 1.807) is 18.2 Å². The largest absolute Gasteiger partial charge is 0.384 e. The third-order valence-electron chi connectivity index (χ3n) is 4.78. The number of sulfonamides is 1. The number of hydrogen-bond donors (Lipinski definition) is 2. The van der Waals surface area contributed by atoms with Gasteiger partial charge in [-0.05, 0) is 38.0 Å². The second-order valence-corrected chi connectivity index (χ2v) is 9.18. The van der Waals surface area contributed by atoms with Gasteiger partial charge < -0.3 is 15.5 Å². The highest BCUT2D eigenvalue weighted by Crippen LogP contribution is 2.26. The van der Waals surface area contributed by atoms with Crippen LogP contribution in [0.15, 0.2) is 23.1 Å². The van der Waals surface area contributed by atoms with Crippen LogP contribution < -0.4 is 10.6 Å². The van der Waals surface area contributed by atoms with Crippen LogP contribution in [0.2, 0.25) is 0 Å². The molecule has 0 atom stereocenters. The molecule has 27 heavy (non-hydrogen) atoms. The van der Waals surface area contributed by atoms with E-state index in [4.69, 9.17) is 0 Å². The topological polar surface area (TPSA) is 81.8 Å². The summed E-state index contributed by atoms with van der Waals surface area (Å²) in [5.41, 5.74) is 1.41. The molecule has 1 amide bonds. The van der Waals surface area contributed by atoms with Crippen LogP contribution in [-0.2, 0) is 14.8 Å². The average Bonchev–Trinajstić information content (AvgIpc) is 2.60. The van der Waals surface area contributed by atoms with Crippen LogP contribution in [0.3, 0.4) is 0 Å². The molecular formula is C19H32N4O3S. The number of hydrogen-bond acceptors (Lipinski definition) is 5. The zero-order valence-corrected chi connectivity index (χ0v) is 17.4. The molecule has 0 unspecified atom stereocenters. The highest BCUT2D eigenvalue weighted by Gasteiger charge is 2.20. The predicted molar refractivity (Wildman–Crippen MR) is 110 cm³/mol. The first kappa shape index (κ1) is 21.5. The number of carbonyl (C=O) groups is 1. The van der Waals surface area contributed by atoms with Crippen molar-refractivity contribution in [3.05, 3.63) is 18.2 Å². The number of benzene rings is 1. The fourth-order valence-corrected chi connectivity index (χ4v) is 4.09. The van der Waals surface area contributed by atoms with Crippen molar-refractivity contribution in [1.82, 2.24) is 9.21 Å². The molecule has 1 heterocycles. The van der Waals surface area contributed by atoms with Crippen molar-refractivity contribution in [2.75, 3.05) is 50.9 Å². The minimum atomic E-state index is -3.53. The minimum Gasteiger partial charge on any atom is -0.384 e. The van der Waals surface area contributed by atoms with Gasteiger partial charge in [0.2, 0.25) is 15.9 Å². The van der Waals surface area contributed by atoms with Crippen LogP contribution in [0, 0.1) is 0 Å². The number of nitrogens with one attached hydrogen (secondary N) is 2. The molecule has 1 aliphatic rings. The van der Waals surface area contributed by atoms with Crippen LogP contribution in [0.5, 0.6) is 0 Å². The van der Waals surface area contributed by atoms with Gasteiger partial charge in [-0.3, -0.25) is 4.79 Å². The Bertz CT molecular complexity index is 726. The molecule has 152 valence electrons. The number of nitrogens with zero attached hydrogens (tertiary/aromatic N) is 2. The number of anilines is 2. The number of amides is 1. The van der Waals surface area contributed by atoms with Crippen molar-refractivity contribution in [3.63, 3.8) is 0 Å². The molecule has 2 N–H and O–H groups in total. The number of likely N-dealkylation sites (tertiary alicyclic amines) is 1. The normalized spacial score (nSPS) is 15.9. The molecule has 0 saturated carbocycles. The Labute approximate surface area is 163 Å². The van der Waals surface area contributed by atoms with Crippen molar-refractivity contribution >= 4 is 27.3 Å². The van der Waals surface area contributed by atoms with Crippen molar-refractivity contribution in [1.29, 1.82) is 0 Å². The summed E-state index contributed by atoms with van der Waals surface area (Å²) >= 11 is 0. The van der Waals surface area contributed by atoms with Gasteiger partial charge in [-0.15, -0.1) is 0 Å². The second-order valence-electron chi connectivity index (χ2n) is 7.03. The summed E-state index contributed by atoms with van der Waals surface area (Å²) < 4.78 is 26.0. The number of carbonyl (C=O) groups excluding carboxylic acids is 1. The Morgan fingerprint density at radius 3 is 2.26 bits per heavy atom. The van der Waals surface area contributed by atoms with Crippen molar-refractivity contribution in [3.8, 4) is 0 Å². The summed E-state index contributed by atoms with van der Waals surface area (Å²) in [6.45, 7) is 4.43. The SMILES string of the molecule is CCNc1ccc(S(=O)(=O)N(C)C)cc1NCC(=O)N1CCCCCCC1. The lowest BCUT2D eigenvalue weighted by atomic mass is 10.1. The van der Waals surface area contributed by atoms with E-state index in [-0.39, 0.29) is 17.3 Å². The summed E-state index contributed by atoms with van der Waals surface area (Å²) in [6, 6.07) is 4.91. The van der Waals surface area contributed by atoms with Gasteiger partial charge in [-0.1, -0.05) is 19.3 Å². The van der Waals surface area contributed by atoms with E-state index in [2.05, 4.69) is 10.6 Å². The summed E-state index contributed by atoms with van der Waals surface area (Å²) in [4.78, 5) is 14.7. The van der Waals surface area contributed by atoms with Crippen molar-refractivity contribution in [2.45, 2.75) is 43.9 Å². The third-order valence-corrected chi connectivity index (χ3v) is 6.59. The molecule has 7 nitrogen and oxygen atoms in total. The molecule has 1 aromatic carbocycles. The highest BCUT2D eigenvalue weighted by molar-refractivity contribution is 7.89. The molecule has 0 aromatic heterocycles. The van der Waals surface area contributed by atoms with Crippen LogP contribution in [0.1, 0.15) is 39.0 Å². The first-order valence-electron chi connectivity index (χ1n) is 9.68. The van der Waals surface area contributed by atoms with Gasteiger partial charge >= 0.3 is 0 Å². The summed E-state index contributed by atoms with van der Waals surface area (Å²) in [5.74, 6) is 0.0558. The molecule has 1 saturated heterocycles. The molecule has 2 rings (SSSR count). The lowest BCUT2D eigenvalue weighted by molar-refractivity contribution is -0.129. The third kappa shape index (κ3) is 5.84. The number of rotatable bonds is 7. The summed E-state index contributed by atoms with van der Waals surface area (Å²) in [6.07, 6.45) is 5.69. The molecule has 1 aromatic rings. The molecule has 0 radical (unpaired) electrons.